The zero-order valence-corrected chi connectivity index (χ0v) is 12.8. The molecular formula is C10H12CuN4O5Pd. The molecule has 1 saturated heterocycles. The van der Waals surface area contributed by atoms with Gasteiger partial charge in [-0.25, -0.2) is 9.97 Å². The Morgan fingerprint density at radius 2 is 1.90 bits per heavy atom. The summed E-state index contributed by atoms with van der Waals surface area (Å²) >= 11 is 0. The molecule has 1 radical (unpaired) electrons. The van der Waals surface area contributed by atoms with Crippen molar-refractivity contribution in [3.8, 4) is 5.88 Å². The molecule has 0 unspecified atom stereocenters. The Kier molecular flexibility index (Phi) is 6.22. The topological polar surface area (TPSA) is 134 Å². The monoisotopic (exact) mass is 437 g/mol. The van der Waals surface area contributed by atoms with E-state index in [9.17, 15) is 15.3 Å². The van der Waals surface area contributed by atoms with E-state index in [0.29, 0.717) is 0 Å². The minimum Gasteiger partial charge on any atom is -0.492 e. The van der Waals surface area contributed by atoms with Crippen molar-refractivity contribution in [2.24, 2.45) is 0 Å². The fraction of sp³-hybridized carbons (Fsp3) is 0.500. The first-order valence-corrected chi connectivity index (χ1v) is 5.62. The van der Waals surface area contributed by atoms with Crippen LogP contribution in [-0.2, 0) is 42.2 Å². The van der Waals surface area contributed by atoms with Gasteiger partial charge in [-0.1, -0.05) is 0 Å². The van der Waals surface area contributed by atoms with Gasteiger partial charge in [0.05, 0.1) is 12.9 Å². The molecule has 4 N–H and O–H groups in total. The molecule has 1 aliphatic heterocycles. The Hall–Kier alpha value is -0.628. The Morgan fingerprint density at radius 3 is 2.52 bits per heavy atom. The summed E-state index contributed by atoms with van der Waals surface area (Å²) < 4.78 is 6.73. The SMILES string of the molecule is OC[C@H]1O[C@@H](n2cnc3c(O)ncnc32)[C@H](O)[C@@H]1O.[Cu].[Pd]. The minimum absolute atomic E-state index is 0. The predicted molar refractivity (Wildman–Crippen MR) is 60.0 cm³/mol. The Balaban J connectivity index is 0.00000110. The molecule has 21 heavy (non-hydrogen) atoms. The number of imidazole rings is 1. The van der Waals surface area contributed by atoms with Crippen LogP contribution in [0.2, 0.25) is 0 Å². The summed E-state index contributed by atoms with van der Waals surface area (Å²) in [5.74, 6) is -0.282. The quantitative estimate of drug-likeness (QED) is 0.402. The van der Waals surface area contributed by atoms with Gasteiger partial charge in [-0.15, -0.1) is 0 Å². The van der Waals surface area contributed by atoms with E-state index in [1.807, 2.05) is 0 Å². The van der Waals surface area contributed by atoms with Gasteiger partial charge in [0.15, 0.2) is 17.4 Å². The molecule has 0 amide bonds. The number of aromatic hydroxyl groups is 1. The van der Waals surface area contributed by atoms with Crippen LogP contribution in [0.1, 0.15) is 6.23 Å². The first kappa shape index (κ1) is 18.4. The maximum atomic E-state index is 9.92. The first-order chi connectivity index (χ1) is 9.13. The molecular weight excluding hydrogens is 426 g/mol. The molecule has 3 rings (SSSR count). The average molecular weight is 438 g/mol. The maximum Gasteiger partial charge on any atom is 0.242 e. The normalized spacial score (nSPS) is 28.1. The summed E-state index contributed by atoms with van der Waals surface area (Å²) in [6.07, 6.45) is -1.79. The smallest absolute Gasteiger partial charge is 0.242 e. The molecule has 2 aromatic heterocycles. The number of hydrogen-bond acceptors (Lipinski definition) is 8. The Labute approximate surface area is 143 Å². The summed E-state index contributed by atoms with van der Waals surface area (Å²) in [5, 5.41) is 38.2. The van der Waals surface area contributed by atoms with E-state index in [4.69, 9.17) is 9.84 Å². The number of aromatic nitrogens is 4. The average Bonchev–Trinajstić information content (AvgIpc) is 2.94. The number of nitrogens with zero attached hydrogens (tertiary/aromatic N) is 4. The molecule has 2 aromatic rings. The number of aliphatic hydroxyl groups is 3. The Morgan fingerprint density at radius 1 is 1.19 bits per heavy atom. The zero-order chi connectivity index (χ0) is 13.6. The molecule has 123 valence electrons. The molecule has 0 bridgehead atoms. The van der Waals surface area contributed by atoms with Crippen LogP contribution in [0.3, 0.4) is 0 Å². The fourth-order valence-corrected chi connectivity index (χ4v) is 2.14. The first-order valence-electron chi connectivity index (χ1n) is 5.62. The van der Waals surface area contributed by atoms with Crippen molar-refractivity contribution in [3.05, 3.63) is 12.7 Å². The molecule has 1 fully saturated rings. The molecule has 0 aliphatic carbocycles. The van der Waals surface area contributed by atoms with E-state index in [2.05, 4.69) is 15.0 Å². The van der Waals surface area contributed by atoms with E-state index in [0.717, 1.165) is 6.33 Å². The third-order valence-corrected chi connectivity index (χ3v) is 3.13. The molecule has 0 saturated carbocycles. The molecule has 1 aliphatic rings. The van der Waals surface area contributed by atoms with Crippen molar-refractivity contribution >= 4 is 11.2 Å². The summed E-state index contributed by atoms with van der Waals surface area (Å²) in [6.45, 7) is -0.415. The van der Waals surface area contributed by atoms with E-state index in [1.165, 1.54) is 10.9 Å². The molecule has 0 aromatic carbocycles. The third-order valence-electron chi connectivity index (χ3n) is 3.13. The van der Waals surface area contributed by atoms with Crippen molar-refractivity contribution in [1.82, 2.24) is 19.5 Å². The van der Waals surface area contributed by atoms with Crippen LogP contribution in [0.25, 0.3) is 11.2 Å². The third kappa shape index (κ3) is 2.97. The van der Waals surface area contributed by atoms with Crippen molar-refractivity contribution in [1.29, 1.82) is 0 Å². The number of ether oxygens (including phenoxy) is 1. The van der Waals surface area contributed by atoms with Gasteiger partial charge >= 0.3 is 0 Å². The second-order valence-electron chi connectivity index (χ2n) is 4.25. The number of rotatable bonds is 2. The number of aliphatic hydroxyl groups excluding tert-OH is 3. The van der Waals surface area contributed by atoms with Gasteiger partial charge in [-0.05, 0) is 0 Å². The number of fused-ring (bicyclic) bond motifs is 1. The van der Waals surface area contributed by atoms with Crippen LogP contribution in [0.5, 0.6) is 5.88 Å². The second kappa shape index (κ2) is 7.09. The van der Waals surface area contributed by atoms with Crippen LogP contribution >= 0.6 is 0 Å². The van der Waals surface area contributed by atoms with Crippen molar-refractivity contribution < 1.29 is 62.7 Å². The summed E-state index contributed by atoms with van der Waals surface area (Å²) in [6, 6.07) is 0. The second-order valence-corrected chi connectivity index (χ2v) is 4.25. The van der Waals surface area contributed by atoms with Crippen molar-refractivity contribution in [3.63, 3.8) is 0 Å². The van der Waals surface area contributed by atoms with Gasteiger partial charge in [0.1, 0.15) is 24.6 Å². The van der Waals surface area contributed by atoms with Gasteiger partial charge in [0, 0.05) is 37.5 Å². The van der Waals surface area contributed by atoms with E-state index in [1.54, 1.807) is 0 Å². The van der Waals surface area contributed by atoms with Gasteiger partial charge in [-0.2, -0.15) is 4.98 Å². The van der Waals surface area contributed by atoms with Gasteiger partial charge in [0.25, 0.3) is 0 Å². The van der Waals surface area contributed by atoms with E-state index >= 15 is 0 Å². The van der Waals surface area contributed by atoms with Crippen LogP contribution < -0.4 is 0 Å². The van der Waals surface area contributed by atoms with Crippen molar-refractivity contribution in [2.75, 3.05) is 6.61 Å². The summed E-state index contributed by atoms with van der Waals surface area (Å²) in [7, 11) is 0. The minimum atomic E-state index is -1.23. The summed E-state index contributed by atoms with van der Waals surface area (Å²) in [4.78, 5) is 11.5. The molecule has 4 atom stereocenters. The zero-order valence-electron chi connectivity index (χ0n) is 10.3. The Bertz CT molecular complexity index is 614. The van der Waals surface area contributed by atoms with Crippen LogP contribution in [0, 0.1) is 0 Å². The molecule has 9 nitrogen and oxygen atoms in total. The largest absolute Gasteiger partial charge is 0.492 e. The molecule has 3 heterocycles. The van der Waals surface area contributed by atoms with Gasteiger partial charge in [0.2, 0.25) is 5.88 Å². The summed E-state index contributed by atoms with van der Waals surface area (Å²) in [5.41, 5.74) is 0.433. The van der Waals surface area contributed by atoms with Crippen LogP contribution in [0.4, 0.5) is 0 Å². The van der Waals surface area contributed by atoms with Gasteiger partial charge < -0.3 is 25.2 Å². The molecule has 11 heteroatoms. The standard InChI is InChI=1S/C10H12N4O5.Cu.Pd/c15-1-4-6(16)7(17)10(19-4)14-3-13-5-8(14)11-2-12-9(5)18;;/h2-4,6-7,10,15-17H,1H2,(H,11,12,18);;/t4-,6-,7-,10-;;/m1../s1. The van der Waals surface area contributed by atoms with E-state index in [-0.39, 0.29) is 54.5 Å². The van der Waals surface area contributed by atoms with E-state index < -0.39 is 31.1 Å². The number of hydrogen-bond donors (Lipinski definition) is 4. The maximum absolute atomic E-state index is 9.92. The predicted octanol–water partition coefficient (Wildman–Crippen LogP) is -1.86. The van der Waals surface area contributed by atoms with Crippen LogP contribution in [-0.4, -0.2) is 64.9 Å². The van der Waals surface area contributed by atoms with Crippen molar-refractivity contribution in [2.45, 2.75) is 24.5 Å². The molecule has 0 spiro atoms. The van der Waals surface area contributed by atoms with Gasteiger partial charge in [-0.3, -0.25) is 4.57 Å². The van der Waals surface area contributed by atoms with Crippen LogP contribution in [0.15, 0.2) is 12.7 Å². The fourth-order valence-electron chi connectivity index (χ4n) is 2.14.